The van der Waals surface area contributed by atoms with Crippen LogP contribution in [0.15, 0.2) is 30.3 Å². The zero-order chi connectivity index (χ0) is 13.1. The molecule has 0 atom stereocenters. The first kappa shape index (κ1) is 12.2. The van der Waals surface area contributed by atoms with Gasteiger partial charge < -0.3 is 15.8 Å². The molecule has 1 aromatic heterocycles. The Labute approximate surface area is 105 Å². The first-order valence-corrected chi connectivity index (χ1v) is 5.43. The summed E-state index contributed by atoms with van der Waals surface area (Å²) in [6, 6.07) is 7.89. The molecule has 0 bridgehead atoms. The molecule has 0 spiro atoms. The van der Waals surface area contributed by atoms with Gasteiger partial charge in [-0.05, 0) is 25.1 Å². The van der Waals surface area contributed by atoms with Crippen molar-refractivity contribution < 1.29 is 9.13 Å². The molecule has 0 fully saturated rings. The highest BCUT2D eigenvalue weighted by atomic mass is 19.1. The molecule has 0 radical (unpaired) electrons. The lowest BCUT2D eigenvalue weighted by Gasteiger charge is -2.10. The van der Waals surface area contributed by atoms with E-state index in [-0.39, 0.29) is 5.82 Å². The number of methoxy groups -OCH3 is 1. The number of hydrogen-bond donors (Lipinski definition) is 2. The third kappa shape index (κ3) is 2.68. The predicted molar refractivity (Wildman–Crippen MR) is 69.6 cm³/mol. The Morgan fingerprint density at radius 2 is 2.06 bits per heavy atom. The molecular weight excluding hydrogens is 233 g/mol. The summed E-state index contributed by atoms with van der Waals surface area (Å²) in [7, 11) is 1.48. The fraction of sp³-hybridized carbons (Fsp3) is 0.154. The molecule has 0 aliphatic heterocycles. The third-order valence-electron chi connectivity index (χ3n) is 2.44. The number of hydrogen-bond acceptors (Lipinski definition) is 4. The van der Waals surface area contributed by atoms with Gasteiger partial charge in [0.05, 0.1) is 12.8 Å². The van der Waals surface area contributed by atoms with Gasteiger partial charge in [0.1, 0.15) is 11.6 Å². The molecule has 3 N–H and O–H groups in total. The van der Waals surface area contributed by atoms with Crippen LogP contribution in [0.2, 0.25) is 0 Å². The molecule has 5 heteroatoms. The van der Waals surface area contributed by atoms with Crippen LogP contribution in [0.25, 0.3) is 0 Å². The van der Waals surface area contributed by atoms with Crippen LogP contribution in [0.1, 0.15) is 5.69 Å². The fourth-order valence-corrected chi connectivity index (χ4v) is 1.56. The first-order chi connectivity index (χ1) is 8.58. The van der Waals surface area contributed by atoms with Crippen molar-refractivity contribution in [1.82, 2.24) is 4.98 Å². The summed E-state index contributed by atoms with van der Waals surface area (Å²) in [6.07, 6.45) is 0. The summed E-state index contributed by atoms with van der Waals surface area (Å²) in [6.45, 7) is 1.86. The van der Waals surface area contributed by atoms with Crippen molar-refractivity contribution in [1.29, 1.82) is 0 Å². The monoisotopic (exact) mass is 247 g/mol. The molecule has 94 valence electrons. The zero-order valence-electron chi connectivity index (χ0n) is 10.2. The molecule has 4 nitrogen and oxygen atoms in total. The second-order valence-electron chi connectivity index (χ2n) is 3.90. The molecule has 0 amide bonds. The maximum Gasteiger partial charge on any atom is 0.153 e. The minimum atomic E-state index is -0.386. The molecule has 0 saturated heterocycles. The predicted octanol–water partition coefficient (Wildman–Crippen LogP) is 2.86. The highest BCUT2D eigenvalue weighted by Gasteiger charge is 2.05. The van der Waals surface area contributed by atoms with E-state index in [1.54, 1.807) is 12.1 Å². The molecule has 1 aromatic carbocycles. The van der Waals surface area contributed by atoms with Crippen molar-refractivity contribution >= 4 is 17.2 Å². The number of halogens is 1. The fourth-order valence-electron chi connectivity index (χ4n) is 1.56. The van der Waals surface area contributed by atoms with Crippen LogP contribution in [0.3, 0.4) is 0 Å². The number of aromatic nitrogens is 1. The van der Waals surface area contributed by atoms with Crippen LogP contribution in [0.5, 0.6) is 5.75 Å². The molecule has 0 aliphatic rings. The lowest BCUT2D eigenvalue weighted by atomic mass is 10.2. The second-order valence-corrected chi connectivity index (χ2v) is 3.90. The molecular formula is C13H14FN3O. The zero-order valence-corrected chi connectivity index (χ0v) is 10.2. The maximum atomic E-state index is 13.3. The van der Waals surface area contributed by atoms with Gasteiger partial charge >= 0.3 is 0 Å². The van der Waals surface area contributed by atoms with Crippen LogP contribution in [0.4, 0.5) is 21.6 Å². The number of nitrogens with two attached hydrogens (primary N) is 1. The standard InChI is InChI=1S/C13H14FN3O/c1-8-3-4-12(15)13(16-8)17-10-5-9(14)6-11(7-10)18-2/h3-7H,15H2,1-2H3,(H,16,17). The molecule has 1 heterocycles. The minimum Gasteiger partial charge on any atom is -0.497 e. The van der Waals surface area contributed by atoms with Crippen molar-refractivity contribution in [3.05, 3.63) is 41.8 Å². The summed E-state index contributed by atoms with van der Waals surface area (Å²) in [5.41, 5.74) is 7.67. The van der Waals surface area contributed by atoms with Crippen LogP contribution < -0.4 is 15.8 Å². The quantitative estimate of drug-likeness (QED) is 0.875. The summed E-state index contributed by atoms with van der Waals surface area (Å²) >= 11 is 0. The first-order valence-electron chi connectivity index (χ1n) is 5.43. The van der Waals surface area contributed by atoms with Gasteiger partial charge in [0.2, 0.25) is 0 Å². The Hall–Kier alpha value is -2.30. The number of anilines is 3. The van der Waals surface area contributed by atoms with Crippen LogP contribution in [-0.2, 0) is 0 Å². The van der Waals surface area contributed by atoms with Gasteiger partial charge in [-0.25, -0.2) is 9.37 Å². The van der Waals surface area contributed by atoms with Gasteiger partial charge in [-0.2, -0.15) is 0 Å². The number of nitrogens with one attached hydrogen (secondary N) is 1. The number of rotatable bonds is 3. The number of aryl methyl sites for hydroxylation is 1. The van der Waals surface area contributed by atoms with E-state index in [4.69, 9.17) is 10.5 Å². The van der Waals surface area contributed by atoms with Crippen LogP contribution >= 0.6 is 0 Å². The Morgan fingerprint density at radius 3 is 2.78 bits per heavy atom. The summed E-state index contributed by atoms with van der Waals surface area (Å²) < 4.78 is 18.3. The Kier molecular flexibility index (Phi) is 3.32. The largest absolute Gasteiger partial charge is 0.497 e. The average Bonchev–Trinajstić information content (AvgIpc) is 2.33. The molecule has 18 heavy (non-hydrogen) atoms. The number of benzene rings is 1. The van der Waals surface area contributed by atoms with Crippen molar-refractivity contribution in [2.75, 3.05) is 18.2 Å². The van der Waals surface area contributed by atoms with E-state index in [1.807, 2.05) is 13.0 Å². The molecule has 0 saturated carbocycles. The number of nitrogens with zero attached hydrogens (tertiary/aromatic N) is 1. The molecule has 2 aromatic rings. The average molecular weight is 247 g/mol. The van der Waals surface area contributed by atoms with E-state index < -0.39 is 0 Å². The van der Waals surface area contributed by atoms with Gasteiger partial charge in [-0.3, -0.25) is 0 Å². The van der Waals surface area contributed by atoms with E-state index in [1.165, 1.54) is 19.2 Å². The third-order valence-corrected chi connectivity index (χ3v) is 2.44. The molecule has 0 aliphatic carbocycles. The maximum absolute atomic E-state index is 13.3. The smallest absolute Gasteiger partial charge is 0.153 e. The van der Waals surface area contributed by atoms with Gasteiger partial charge in [-0.1, -0.05) is 0 Å². The molecule has 2 rings (SSSR count). The SMILES string of the molecule is COc1cc(F)cc(Nc2nc(C)ccc2N)c1. The van der Waals surface area contributed by atoms with E-state index in [0.717, 1.165) is 5.69 Å². The van der Waals surface area contributed by atoms with E-state index in [9.17, 15) is 4.39 Å². The molecule has 0 unspecified atom stereocenters. The van der Waals surface area contributed by atoms with Crippen molar-refractivity contribution in [2.45, 2.75) is 6.92 Å². The second kappa shape index (κ2) is 4.91. The highest BCUT2D eigenvalue weighted by molar-refractivity contribution is 5.69. The highest BCUT2D eigenvalue weighted by Crippen LogP contribution is 2.25. The number of pyridine rings is 1. The van der Waals surface area contributed by atoms with Gasteiger partial charge in [0.25, 0.3) is 0 Å². The van der Waals surface area contributed by atoms with Crippen molar-refractivity contribution in [2.24, 2.45) is 0 Å². The summed E-state index contributed by atoms with van der Waals surface area (Å²) in [4.78, 5) is 4.25. The van der Waals surface area contributed by atoms with Crippen LogP contribution in [0, 0.1) is 12.7 Å². The Balaban J connectivity index is 2.33. The Bertz CT molecular complexity index is 572. The minimum absolute atomic E-state index is 0.386. The topological polar surface area (TPSA) is 60.2 Å². The lowest BCUT2D eigenvalue weighted by Crippen LogP contribution is -2.00. The summed E-state index contributed by atoms with van der Waals surface area (Å²) in [5, 5.41) is 2.97. The number of ether oxygens (including phenoxy) is 1. The van der Waals surface area contributed by atoms with E-state index in [0.29, 0.717) is 22.9 Å². The van der Waals surface area contributed by atoms with Gasteiger partial charge in [-0.15, -0.1) is 0 Å². The van der Waals surface area contributed by atoms with Gasteiger partial charge in [0, 0.05) is 23.5 Å². The lowest BCUT2D eigenvalue weighted by molar-refractivity contribution is 0.411. The normalized spacial score (nSPS) is 10.2. The van der Waals surface area contributed by atoms with Crippen molar-refractivity contribution in [3.8, 4) is 5.75 Å². The van der Waals surface area contributed by atoms with Crippen LogP contribution in [-0.4, -0.2) is 12.1 Å². The Morgan fingerprint density at radius 1 is 1.28 bits per heavy atom. The van der Waals surface area contributed by atoms with E-state index >= 15 is 0 Å². The van der Waals surface area contributed by atoms with Gasteiger partial charge in [0.15, 0.2) is 5.82 Å². The number of nitrogen functional groups attached to an aromatic ring is 1. The van der Waals surface area contributed by atoms with E-state index in [2.05, 4.69) is 10.3 Å². The summed E-state index contributed by atoms with van der Waals surface area (Å²) in [5.74, 6) is 0.550. The van der Waals surface area contributed by atoms with Crippen molar-refractivity contribution in [3.63, 3.8) is 0 Å².